The molecule has 180 valence electrons. The van der Waals surface area contributed by atoms with Gasteiger partial charge in [-0.2, -0.15) is 5.10 Å². The van der Waals surface area contributed by atoms with Crippen molar-refractivity contribution < 1.29 is 24.2 Å². The smallest absolute Gasteiger partial charge is 0.340 e. The van der Waals surface area contributed by atoms with Gasteiger partial charge in [0.15, 0.2) is 0 Å². The predicted molar refractivity (Wildman–Crippen MR) is 128 cm³/mol. The van der Waals surface area contributed by atoms with Crippen molar-refractivity contribution in [3.05, 3.63) is 82.4 Å². The minimum absolute atomic E-state index is 0.167. The first-order valence-corrected chi connectivity index (χ1v) is 10.9. The number of carbonyl (C=O) groups excluding carboxylic acids is 2. The van der Waals surface area contributed by atoms with E-state index in [9.17, 15) is 19.5 Å². The van der Waals surface area contributed by atoms with E-state index < -0.39 is 24.0 Å². The minimum atomic E-state index is -0.556. The lowest BCUT2D eigenvalue weighted by Crippen LogP contribution is -2.29. The Morgan fingerprint density at radius 1 is 1.09 bits per heavy atom. The van der Waals surface area contributed by atoms with Crippen molar-refractivity contribution in [2.75, 3.05) is 19.0 Å². The Bertz CT molecular complexity index is 1440. The van der Waals surface area contributed by atoms with E-state index in [1.807, 2.05) is 0 Å². The van der Waals surface area contributed by atoms with Crippen LogP contribution in [0.3, 0.4) is 0 Å². The van der Waals surface area contributed by atoms with Gasteiger partial charge in [-0.3, -0.25) is 9.59 Å². The summed E-state index contributed by atoms with van der Waals surface area (Å²) in [5.41, 5.74) is 1.69. The first-order valence-electron chi connectivity index (χ1n) is 10.9. The number of hydrogen-bond acceptors (Lipinski definition) is 7. The van der Waals surface area contributed by atoms with Crippen molar-refractivity contribution in [1.29, 1.82) is 0 Å². The molecule has 0 unspecified atom stereocenters. The zero-order valence-corrected chi connectivity index (χ0v) is 19.2. The first-order chi connectivity index (χ1) is 17.0. The van der Waals surface area contributed by atoms with E-state index in [1.165, 1.54) is 15.3 Å². The normalized spacial score (nSPS) is 10.8. The van der Waals surface area contributed by atoms with Gasteiger partial charge >= 0.3 is 5.97 Å². The molecule has 35 heavy (non-hydrogen) atoms. The molecule has 1 amide bonds. The molecule has 0 spiro atoms. The van der Waals surface area contributed by atoms with Crippen LogP contribution in [0.2, 0.25) is 0 Å². The summed E-state index contributed by atoms with van der Waals surface area (Å²) in [6.45, 7) is 1.18. The second-order valence-electron chi connectivity index (χ2n) is 7.55. The van der Waals surface area contributed by atoms with Gasteiger partial charge in [0.1, 0.15) is 17.8 Å². The summed E-state index contributed by atoms with van der Waals surface area (Å²) in [6, 6.07) is 13.6. The molecule has 0 radical (unpaired) electrons. The average molecular weight is 476 g/mol. The zero-order valence-electron chi connectivity index (χ0n) is 19.2. The maximum absolute atomic E-state index is 13.2. The number of esters is 1. The van der Waals surface area contributed by atoms with Gasteiger partial charge in [-0.05, 0) is 43.3 Å². The Labute approximate surface area is 200 Å². The number of hydrogen-bond donors (Lipinski definition) is 2. The predicted octanol–water partition coefficient (Wildman–Crippen LogP) is 2.48. The fourth-order valence-corrected chi connectivity index (χ4v) is 3.73. The third-order valence-corrected chi connectivity index (χ3v) is 5.39. The lowest BCUT2D eigenvalue weighted by Gasteiger charge is -2.11. The number of carbonyl (C=O) groups is 2. The summed E-state index contributed by atoms with van der Waals surface area (Å²) in [4.78, 5) is 38.1. The molecule has 0 saturated heterocycles. The second kappa shape index (κ2) is 10.2. The van der Waals surface area contributed by atoms with E-state index in [4.69, 9.17) is 9.47 Å². The van der Waals surface area contributed by atoms with Gasteiger partial charge in [0.25, 0.3) is 5.56 Å². The van der Waals surface area contributed by atoms with Crippen LogP contribution in [0.15, 0.2) is 65.7 Å². The lowest BCUT2D eigenvalue weighted by molar-refractivity contribution is -0.116. The van der Waals surface area contributed by atoms with Crippen LogP contribution in [0.4, 0.5) is 5.69 Å². The number of nitrogens with zero attached hydrogens (tertiary/aromatic N) is 3. The van der Waals surface area contributed by atoms with Crippen LogP contribution in [0, 0.1) is 0 Å². The van der Waals surface area contributed by atoms with Gasteiger partial charge in [-0.1, -0.05) is 12.1 Å². The van der Waals surface area contributed by atoms with Crippen LogP contribution in [0.5, 0.6) is 5.75 Å². The quantitative estimate of drug-likeness (QED) is 0.375. The van der Waals surface area contributed by atoms with Gasteiger partial charge in [-0.25, -0.2) is 9.31 Å². The van der Waals surface area contributed by atoms with Gasteiger partial charge in [0, 0.05) is 23.5 Å². The van der Waals surface area contributed by atoms with Gasteiger partial charge in [0.2, 0.25) is 5.91 Å². The molecule has 0 aliphatic carbocycles. The number of ether oxygens (including phenoxy) is 2. The molecular weight excluding hydrogens is 452 g/mol. The number of anilines is 1. The molecule has 0 saturated carbocycles. The number of nitrogens with one attached hydrogen (secondary N) is 1. The minimum Gasteiger partial charge on any atom is -0.497 e. The number of amides is 1. The van der Waals surface area contributed by atoms with Crippen LogP contribution in [-0.4, -0.2) is 44.9 Å². The van der Waals surface area contributed by atoms with Gasteiger partial charge in [0.05, 0.1) is 37.3 Å². The Morgan fingerprint density at radius 2 is 1.83 bits per heavy atom. The Kier molecular flexibility index (Phi) is 6.93. The molecule has 2 heterocycles. The van der Waals surface area contributed by atoms with Crippen LogP contribution in [0.25, 0.3) is 16.8 Å². The number of methoxy groups -OCH3 is 1. The van der Waals surface area contributed by atoms with Crippen molar-refractivity contribution >= 4 is 23.1 Å². The average Bonchev–Trinajstić information content (AvgIpc) is 3.25. The number of para-hydroxylation sites is 1. The molecule has 0 aliphatic heterocycles. The molecule has 4 aromatic rings. The number of aromatic nitrogens is 3. The highest BCUT2D eigenvalue weighted by atomic mass is 16.5. The molecule has 0 bridgehead atoms. The zero-order chi connectivity index (χ0) is 24.9. The number of aliphatic hydroxyl groups excluding tert-OH is 1. The molecule has 0 fully saturated rings. The number of aliphatic hydroxyl groups is 1. The van der Waals surface area contributed by atoms with Crippen LogP contribution in [-0.2, 0) is 22.7 Å². The molecule has 2 aromatic heterocycles. The molecular formula is C25H24N4O6. The number of benzene rings is 2. The summed E-state index contributed by atoms with van der Waals surface area (Å²) in [7, 11) is 1.56. The van der Waals surface area contributed by atoms with Crippen molar-refractivity contribution in [1.82, 2.24) is 14.2 Å². The third-order valence-electron chi connectivity index (χ3n) is 5.39. The monoisotopic (exact) mass is 476 g/mol. The van der Waals surface area contributed by atoms with E-state index in [0.717, 1.165) is 0 Å². The molecule has 10 heteroatoms. The van der Waals surface area contributed by atoms with Crippen molar-refractivity contribution in [3.8, 4) is 17.0 Å². The molecule has 2 N–H and O–H groups in total. The molecule has 10 nitrogen and oxygen atoms in total. The van der Waals surface area contributed by atoms with Crippen molar-refractivity contribution in [2.45, 2.75) is 20.1 Å². The number of rotatable bonds is 8. The molecule has 0 atom stereocenters. The Morgan fingerprint density at radius 3 is 2.51 bits per heavy atom. The highest BCUT2D eigenvalue weighted by Gasteiger charge is 2.19. The van der Waals surface area contributed by atoms with Crippen molar-refractivity contribution in [3.63, 3.8) is 0 Å². The number of fused-ring (bicyclic) bond motifs is 1. The van der Waals surface area contributed by atoms with E-state index in [1.54, 1.807) is 68.8 Å². The molecule has 4 rings (SSSR count). The van der Waals surface area contributed by atoms with Crippen LogP contribution in [0.1, 0.15) is 22.8 Å². The summed E-state index contributed by atoms with van der Waals surface area (Å²) in [5.74, 6) is -0.394. The maximum atomic E-state index is 13.2. The topological polar surface area (TPSA) is 124 Å². The van der Waals surface area contributed by atoms with E-state index in [-0.39, 0.29) is 29.9 Å². The van der Waals surface area contributed by atoms with E-state index >= 15 is 0 Å². The van der Waals surface area contributed by atoms with Crippen LogP contribution >= 0.6 is 0 Å². The first kappa shape index (κ1) is 23.7. The van der Waals surface area contributed by atoms with Gasteiger partial charge in [-0.15, -0.1) is 0 Å². The second-order valence-corrected chi connectivity index (χ2v) is 7.55. The third kappa shape index (κ3) is 4.78. The summed E-state index contributed by atoms with van der Waals surface area (Å²) < 4.78 is 12.8. The summed E-state index contributed by atoms with van der Waals surface area (Å²) in [5, 5.41) is 17.2. The van der Waals surface area contributed by atoms with Crippen LogP contribution < -0.4 is 15.6 Å². The molecule has 2 aromatic carbocycles. The highest BCUT2D eigenvalue weighted by Crippen LogP contribution is 2.26. The van der Waals surface area contributed by atoms with Crippen molar-refractivity contribution in [2.24, 2.45) is 0 Å². The van der Waals surface area contributed by atoms with Gasteiger partial charge < -0.3 is 24.5 Å². The fourth-order valence-electron chi connectivity index (χ4n) is 3.73. The molecule has 0 aliphatic rings. The SMILES string of the molecule is CCOC(=O)c1ccccc1NC(=O)Cn1ccn2nc(-c3ccc(OC)cc3)c(CO)c2c1=O. The maximum Gasteiger partial charge on any atom is 0.340 e. The standard InChI is InChI=1S/C25H24N4O6/c1-3-35-25(33)18-6-4-5-7-20(18)26-21(31)14-28-12-13-29-23(24(28)32)19(15-30)22(27-29)16-8-10-17(34-2)11-9-16/h4-13,30H,3,14-15H2,1-2H3,(H,26,31). The summed E-state index contributed by atoms with van der Waals surface area (Å²) in [6.07, 6.45) is 2.99. The summed E-state index contributed by atoms with van der Waals surface area (Å²) >= 11 is 0. The lowest BCUT2D eigenvalue weighted by atomic mass is 10.1. The van der Waals surface area contributed by atoms with E-state index in [2.05, 4.69) is 10.4 Å². The Hall–Kier alpha value is -4.44. The highest BCUT2D eigenvalue weighted by molar-refractivity contribution is 6.01. The fraction of sp³-hybridized carbons (Fsp3) is 0.200. The Balaban J connectivity index is 1.64. The van der Waals surface area contributed by atoms with E-state index in [0.29, 0.717) is 22.6 Å². The largest absolute Gasteiger partial charge is 0.497 e.